The fourth-order valence-electron chi connectivity index (χ4n) is 0.980. The largest absolute Gasteiger partial charge is 0.389 e. The van der Waals surface area contributed by atoms with Gasteiger partial charge in [0, 0.05) is 19.2 Å². The molecule has 0 saturated carbocycles. The van der Waals surface area contributed by atoms with Crippen molar-refractivity contribution < 1.29 is 9.84 Å². The van der Waals surface area contributed by atoms with Crippen LogP contribution < -0.4 is 5.32 Å². The van der Waals surface area contributed by atoms with E-state index in [9.17, 15) is 5.11 Å². The second-order valence-corrected chi connectivity index (χ2v) is 4.30. The summed E-state index contributed by atoms with van der Waals surface area (Å²) in [6.45, 7) is 10.2. The standard InChI is InChI=1S/C11H25NO2/c1-5-10(4)12-6-11(13)8-14-7-9(2)3/h9-13H,5-8H2,1-4H3. The van der Waals surface area contributed by atoms with Crippen molar-refractivity contribution in [2.24, 2.45) is 5.92 Å². The van der Waals surface area contributed by atoms with E-state index in [2.05, 4.69) is 33.0 Å². The Labute approximate surface area is 87.8 Å². The lowest BCUT2D eigenvalue weighted by molar-refractivity contribution is 0.0251. The number of hydrogen-bond acceptors (Lipinski definition) is 3. The van der Waals surface area contributed by atoms with Crippen LogP contribution in [-0.4, -0.2) is 37.0 Å². The molecular formula is C11H25NO2. The van der Waals surface area contributed by atoms with Crippen LogP contribution in [0.2, 0.25) is 0 Å². The molecule has 0 heterocycles. The summed E-state index contributed by atoms with van der Waals surface area (Å²) < 4.78 is 5.33. The smallest absolute Gasteiger partial charge is 0.0897 e. The fourth-order valence-corrected chi connectivity index (χ4v) is 0.980. The third kappa shape index (κ3) is 8.48. The predicted octanol–water partition coefficient (Wildman–Crippen LogP) is 1.41. The Balaban J connectivity index is 3.32. The highest BCUT2D eigenvalue weighted by molar-refractivity contribution is 4.63. The normalized spacial score (nSPS) is 15.9. The average Bonchev–Trinajstić information content (AvgIpc) is 2.13. The molecule has 3 nitrogen and oxygen atoms in total. The third-order valence-corrected chi connectivity index (χ3v) is 2.08. The Morgan fingerprint density at radius 3 is 2.36 bits per heavy atom. The minimum absolute atomic E-state index is 0.386. The van der Waals surface area contributed by atoms with Gasteiger partial charge in [0.2, 0.25) is 0 Å². The zero-order valence-corrected chi connectivity index (χ0v) is 9.92. The Morgan fingerprint density at radius 1 is 1.21 bits per heavy atom. The molecule has 0 aromatic heterocycles. The van der Waals surface area contributed by atoms with Crippen molar-refractivity contribution in [2.75, 3.05) is 19.8 Å². The van der Waals surface area contributed by atoms with E-state index in [1.54, 1.807) is 0 Å². The van der Waals surface area contributed by atoms with Crippen molar-refractivity contribution >= 4 is 0 Å². The zero-order chi connectivity index (χ0) is 11.0. The maximum Gasteiger partial charge on any atom is 0.0897 e. The van der Waals surface area contributed by atoms with Crippen molar-refractivity contribution in [2.45, 2.75) is 46.3 Å². The third-order valence-electron chi connectivity index (χ3n) is 2.08. The highest BCUT2D eigenvalue weighted by Gasteiger charge is 2.06. The van der Waals surface area contributed by atoms with E-state index in [0.29, 0.717) is 25.1 Å². The van der Waals surface area contributed by atoms with Crippen LogP contribution in [0.4, 0.5) is 0 Å². The van der Waals surface area contributed by atoms with Crippen LogP contribution in [-0.2, 0) is 4.74 Å². The van der Waals surface area contributed by atoms with E-state index in [-0.39, 0.29) is 6.10 Å². The summed E-state index contributed by atoms with van der Waals surface area (Å²) in [5.74, 6) is 0.532. The lowest BCUT2D eigenvalue weighted by Crippen LogP contribution is -2.35. The highest BCUT2D eigenvalue weighted by atomic mass is 16.5. The minimum Gasteiger partial charge on any atom is -0.389 e. The van der Waals surface area contributed by atoms with Gasteiger partial charge in [-0.15, -0.1) is 0 Å². The van der Waals surface area contributed by atoms with E-state index >= 15 is 0 Å². The number of nitrogens with one attached hydrogen (secondary N) is 1. The van der Waals surface area contributed by atoms with Crippen molar-refractivity contribution in [3.63, 3.8) is 0 Å². The molecule has 2 atom stereocenters. The van der Waals surface area contributed by atoms with Crippen molar-refractivity contribution in [1.29, 1.82) is 0 Å². The molecule has 0 radical (unpaired) electrons. The molecule has 14 heavy (non-hydrogen) atoms. The van der Waals surface area contributed by atoms with Gasteiger partial charge in [0.05, 0.1) is 12.7 Å². The molecule has 0 rings (SSSR count). The van der Waals surface area contributed by atoms with E-state index in [1.165, 1.54) is 0 Å². The van der Waals surface area contributed by atoms with Gasteiger partial charge in [0.15, 0.2) is 0 Å². The topological polar surface area (TPSA) is 41.5 Å². The molecule has 86 valence electrons. The first-order chi connectivity index (χ1) is 6.56. The molecule has 0 aromatic carbocycles. The van der Waals surface area contributed by atoms with Gasteiger partial charge in [-0.25, -0.2) is 0 Å². The fraction of sp³-hybridized carbons (Fsp3) is 1.00. The Hall–Kier alpha value is -0.120. The first-order valence-corrected chi connectivity index (χ1v) is 5.55. The monoisotopic (exact) mass is 203 g/mol. The summed E-state index contributed by atoms with van der Waals surface area (Å²) in [6, 6.07) is 0.467. The van der Waals surface area contributed by atoms with Crippen LogP contribution in [0.1, 0.15) is 34.1 Å². The molecule has 0 aliphatic carbocycles. The van der Waals surface area contributed by atoms with Crippen LogP contribution in [0.3, 0.4) is 0 Å². The molecule has 0 fully saturated rings. The summed E-state index contributed by atoms with van der Waals surface area (Å²) in [4.78, 5) is 0. The Kier molecular flexibility index (Phi) is 8.14. The molecule has 3 heteroatoms. The van der Waals surface area contributed by atoms with Crippen LogP contribution in [0.5, 0.6) is 0 Å². The molecule has 0 aromatic rings. The summed E-state index contributed by atoms with van der Waals surface area (Å²) in [5, 5.41) is 12.8. The molecule has 0 saturated heterocycles. The first kappa shape index (κ1) is 13.9. The quantitative estimate of drug-likeness (QED) is 0.626. The van der Waals surface area contributed by atoms with Crippen LogP contribution >= 0.6 is 0 Å². The summed E-state index contributed by atoms with van der Waals surface area (Å²) in [5.41, 5.74) is 0. The first-order valence-electron chi connectivity index (χ1n) is 5.55. The number of aliphatic hydroxyl groups excluding tert-OH is 1. The van der Waals surface area contributed by atoms with Crippen LogP contribution in [0, 0.1) is 5.92 Å². The average molecular weight is 203 g/mol. The summed E-state index contributed by atoms with van der Waals surface area (Å²) in [7, 11) is 0. The van der Waals surface area contributed by atoms with Gasteiger partial charge in [0.25, 0.3) is 0 Å². The van der Waals surface area contributed by atoms with Gasteiger partial charge < -0.3 is 15.2 Å². The lowest BCUT2D eigenvalue weighted by atomic mass is 10.2. The number of hydrogen-bond donors (Lipinski definition) is 2. The van der Waals surface area contributed by atoms with Gasteiger partial charge in [-0.3, -0.25) is 0 Å². The molecule has 0 aliphatic heterocycles. The van der Waals surface area contributed by atoms with Gasteiger partial charge in [-0.1, -0.05) is 20.8 Å². The highest BCUT2D eigenvalue weighted by Crippen LogP contribution is 1.94. The number of ether oxygens (including phenoxy) is 1. The molecule has 0 bridgehead atoms. The molecule has 0 aliphatic rings. The van der Waals surface area contributed by atoms with Gasteiger partial charge in [0.1, 0.15) is 0 Å². The van der Waals surface area contributed by atoms with Crippen molar-refractivity contribution in [3.8, 4) is 0 Å². The van der Waals surface area contributed by atoms with Gasteiger partial charge >= 0.3 is 0 Å². The SMILES string of the molecule is CCC(C)NCC(O)COCC(C)C. The number of aliphatic hydroxyl groups is 1. The summed E-state index contributed by atoms with van der Waals surface area (Å²) >= 11 is 0. The minimum atomic E-state index is -0.386. The molecule has 0 spiro atoms. The second-order valence-electron chi connectivity index (χ2n) is 4.30. The molecule has 2 unspecified atom stereocenters. The van der Waals surface area contributed by atoms with E-state index < -0.39 is 0 Å². The van der Waals surface area contributed by atoms with Gasteiger partial charge in [-0.05, 0) is 19.3 Å². The van der Waals surface area contributed by atoms with E-state index in [1.807, 2.05) is 0 Å². The molecule has 0 amide bonds. The van der Waals surface area contributed by atoms with E-state index in [4.69, 9.17) is 4.74 Å². The van der Waals surface area contributed by atoms with E-state index in [0.717, 1.165) is 13.0 Å². The van der Waals surface area contributed by atoms with Gasteiger partial charge in [-0.2, -0.15) is 0 Å². The Morgan fingerprint density at radius 2 is 1.86 bits per heavy atom. The number of rotatable bonds is 8. The van der Waals surface area contributed by atoms with Crippen molar-refractivity contribution in [1.82, 2.24) is 5.32 Å². The molecular weight excluding hydrogens is 178 g/mol. The Bertz CT molecular complexity index is 128. The lowest BCUT2D eigenvalue weighted by Gasteiger charge is -2.16. The van der Waals surface area contributed by atoms with Crippen molar-refractivity contribution in [3.05, 3.63) is 0 Å². The second kappa shape index (κ2) is 8.21. The zero-order valence-electron chi connectivity index (χ0n) is 9.92. The van der Waals surface area contributed by atoms with Crippen LogP contribution in [0.25, 0.3) is 0 Å². The maximum atomic E-state index is 9.52. The van der Waals surface area contributed by atoms with Crippen LogP contribution in [0.15, 0.2) is 0 Å². The summed E-state index contributed by atoms with van der Waals surface area (Å²) in [6.07, 6.45) is 0.697. The predicted molar refractivity (Wildman–Crippen MR) is 59.4 cm³/mol. The maximum absolute atomic E-state index is 9.52. The molecule has 2 N–H and O–H groups in total.